The van der Waals surface area contributed by atoms with Gasteiger partial charge in [0.2, 0.25) is 0 Å². The van der Waals surface area contributed by atoms with Crippen molar-refractivity contribution in [1.29, 1.82) is 0 Å². The number of rotatable bonds is 12. The van der Waals surface area contributed by atoms with Gasteiger partial charge in [0.05, 0.1) is 0 Å². The molecule has 0 spiro atoms. The van der Waals surface area contributed by atoms with Gasteiger partial charge < -0.3 is 0 Å². The number of unbranched alkanes of at least 4 members (excludes halogenated alkanes) is 2. The van der Waals surface area contributed by atoms with Crippen molar-refractivity contribution in [3.63, 3.8) is 0 Å². The lowest BCUT2D eigenvalue weighted by atomic mass is 9.90. The maximum absolute atomic E-state index is 2.67. The summed E-state index contributed by atoms with van der Waals surface area (Å²) in [6, 6.07) is 19.7. The van der Waals surface area contributed by atoms with Crippen molar-refractivity contribution >= 4 is 98.0 Å². The van der Waals surface area contributed by atoms with E-state index in [4.69, 9.17) is 0 Å². The Bertz CT molecular complexity index is 2180. The molecule has 0 saturated heterocycles. The number of benzene rings is 1. The molecule has 254 valence electrons. The highest BCUT2D eigenvalue weighted by Crippen LogP contribution is 2.59. The second-order valence-electron chi connectivity index (χ2n) is 14.0. The molecule has 50 heavy (non-hydrogen) atoms. The van der Waals surface area contributed by atoms with Crippen LogP contribution in [0.1, 0.15) is 101 Å². The van der Waals surface area contributed by atoms with E-state index in [0.29, 0.717) is 11.8 Å². The molecular formula is C44H42S6. The van der Waals surface area contributed by atoms with E-state index in [1.807, 2.05) is 68.0 Å². The Kier molecular flexibility index (Phi) is 9.16. The fourth-order valence-corrected chi connectivity index (χ4v) is 14.7. The molecule has 6 heteroatoms. The van der Waals surface area contributed by atoms with Crippen molar-refractivity contribution in [3.8, 4) is 40.4 Å². The third kappa shape index (κ3) is 5.70. The van der Waals surface area contributed by atoms with Crippen LogP contribution in [-0.2, 0) is 0 Å². The van der Waals surface area contributed by atoms with Gasteiger partial charge in [-0.05, 0) is 119 Å². The molecule has 1 aromatic carbocycles. The number of hydrogen-bond acceptors (Lipinski definition) is 6. The maximum Gasteiger partial charge on any atom is 0.0464 e. The number of fused-ring (bicyclic) bond motifs is 8. The van der Waals surface area contributed by atoms with Crippen LogP contribution in [-0.4, -0.2) is 0 Å². The molecule has 0 N–H and O–H groups in total. The highest BCUT2D eigenvalue weighted by molar-refractivity contribution is 7.32. The molecular weight excluding hydrogens is 721 g/mol. The van der Waals surface area contributed by atoms with Gasteiger partial charge in [0.25, 0.3) is 0 Å². The van der Waals surface area contributed by atoms with Crippen LogP contribution in [0.5, 0.6) is 0 Å². The van der Waals surface area contributed by atoms with E-state index in [2.05, 4.69) is 99.1 Å². The molecule has 0 aliphatic heterocycles. The van der Waals surface area contributed by atoms with Crippen LogP contribution in [0.2, 0.25) is 0 Å². The SMILES string of the molecule is CCCCC(/C=C1/c2cc3c(cc2-c2sc(-c4cc5sccc5s4)cc21)/C(=C/C(CC)CCCC)c1cc(-c2cc4sccc4s2)sc1-3)CC. The summed E-state index contributed by atoms with van der Waals surface area (Å²) >= 11 is 11.7. The van der Waals surface area contributed by atoms with Gasteiger partial charge in [0.1, 0.15) is 0 Å². The quantitative estimate of drug-likeness (QED) is 0.116. The average Bonchev–Trinajstić information content (AvgIpc) is 3.96. The van der Waals surface area contributed by atoms with E-state index >= 15 is 0 Å². The van der Waals surface area contributed by atoms with Gasteiger partial charge in [-0.3, -0.25) is 0 Å². The molecule has 2 aliphatic rings. The lowest BCUT2D eigenvalue weighted by Gasteiger charge is -2.14. The Hall–Kier alpha value is -2.58. The van der Waals surface area contributed by atoms with Crippen LogP contribution in [0, 0.1) is 11.8 Å². The van der Waals surface area contributed by atoms with Crippen LogP contribution < -0.4 is 0 Å². The molecule has 2 atom stereocenters. The van der Waals surface area contributed by atoms with Crippen molar-refractivity contribution in [1.82, 2.24) is 0 Å². The van der Waals surface area contributed by atoms with Gasteiger partial charge in [0.15, 0.2) is 0 Å². The zero-order chi connectivity index (χ0) is 33.9. The largest absolute Gasteiger partial charge is 0.143 e. The zero-order valence-corrected chi connectivity index (χ0v) is 34.1. The summed E-state index contributed by atoms with van der Waals surface area (Å²) in [5, 5.41) is 4.44. The Balaban J connectivity index is 1.22. The molecule has 2 aliphatic carbocycles. The number of hydrogen-bond donors (Lipinski definition) is 0. The summed E-state index contributed by atoms with van der Waals surface area (Å²) in [4.78, 5) is 8.61. The fraction of sp³-hybridized carbons (Fsp3) is 0.318. The maximum atomic E-state index is 2.67. The molecule has 0 radical (unpaired) electrons. The van der Waals surface area contributed by atoms with Crippen LogP contribution in [0.4, 0.5) is 0 Å². The molecule has 6 heterocycles. The molecule has 0 saturated carbocycles. The van der Waals surface area contributed by atoms with Crippen molar-refractivity contribution in [2.45, 2.75) is 79.1 Å². The van der Waals surface area contributed by atoms with Crippen molar-refractivity contribution < 1.29 is 0 Å². The lowest BCUT2D eigenvalue weighted by Crippen LogP contribution is -1.97. The van der Waals surface area contributed by atoms with Crippen LogP contribution >= 0.6 is 68.0 Å². The van der Waals surface area contributed by atoms with E-state index in [1.165, 1.54) is 144 Å². The molecule has 2 unspecified atom stereocenters. The molecule has 0 fully saturated rings. The van der Waals surface area contributed by atoms with Gasteiger partial charge in [-0.1, -0.05) is 65.5 Å². The summed E-state index contributed by atoms with van der Waals surface area (Å²) in [5.41, 5.74) is 11.7. The fourth-order valence-electron chi connectivity index (χ4n) is 7.88. The Labute approximate surface area is 320 Å². The van der Waals surface area contributed by atoms with E-state index < -0.39 is 0 Å². The Morgan fingerprint density at radius 2 is 0.920 bits per heavy atom. The van der Waals surface area contributed by atoms with Gasteiger partial charge in [-0.25, -0.2) is 0 Å². The first kappa shape index (κ1) is 33.3. The van der Waals surface area contributed by atoms with Crippen LogP contribution in [0.25, 0.3) is 70.3 Å². The minimum Gasteiger partial charge on any atom is -0.143 e. The molecule has 7 aromatic rings. The molecule has 9 rings (SSSR count). The minimum absolute atomic E-state index is 0.600. The van der Waals surface area contributed by atoms with E-state index in [0.717, 1.165) is 0 Å². The molecule has 0 nitrogen and oxygen atoms in total. The number of thiophene rings is 6. The summed E-state index contributed by atoms with van der Waals surface area (Å²) in [5.74, 6) is 1.20. The Morgan fingerprint density at radius 1 is 0.480 bits per heavy atom. The van der Waals surface area contributed by atoms with Gasteiger partial charge in [-0.15, -0.1) is 68.0 Å². The Morgan fingerprint density at radius 3 is 1.32 bits per heavy atom. The predicted molar refractivity (Wildman–Crippen MR) is 231 cm³/mol. The van der Waals surface area contributed by atoms with E-state index in [1.54, 1.807) is 0 Å². The van der Waals surface area contributed by atoms with E-state index in [-0.39, 0.29) is 0 Å². The molecule has 0 bridgehead atoms. The monoisotopic (exact) mass is 762 g/mol. The summed E-state index contributed by atoms with van der Waals surface area (Å²) < 4.78 is 5.65. The normalized spacial score (nSPS) is 16.2. The third-order valence-electron chi connectivity index (χ3n) is 10.7. The van der Waals surface area contributed by atoms with Crippen LogP contribution in [0.15, 0.2) is 71.4 Å². The highest BCUT2D eigenvalue weighted by atomic mass is 32.1. The van der Waals surface area contributed by atoms with Gasteiger partial charge in [0, 0.05) is 70.3 Å². The van der Waals surface area contributed by atoms with Gasteiger partial charge in [-0.2, -0.15) is 0 Å². The second-order valence-corrected chi connectivity index (χ2v) is 20.1. The first-order valence-corrected chi connectivity index (χ1v) is 23.5. The third-order valence-corrected chi connectivity index (χ3v) is 17.7. The topological polar surface area (TPSA) is 0 Å². The van der Waals surface area contributed by atoms with E-state index in [9.17, 15) is 0 Å². The standard InChI is InChI=1S/C44H42S6/c1-5-9-11-25(7-3)17-27-29-19-32-30(20-31(29)43-33(27)21-39(49-43)41-23-37-35(47-41)13-15-45-37)28(18-26(8-4)12-10-6-2)34-22-40(50-44(32)34)42-24-38-36(48-42)14-16-46-38/h13-26H,5-12H2,1-4H3/b27-17-,28-18-. The smallest absolute Gasteiger partial charge is 0.0464 e. The lowest BCUT2D eigenvalue weighted by molar-refractivity contribution is 0.541. The first-order valence-electron chi connectivity index (χ1n) is 18.4. The van der Waals surface area contributed by atoms with Crippen molar-refractivity contribution in [2.75, 3.05) is 0 Å². The number of allylic oxidation sites excluding steroid dienone is 2. The summed E-state index contributed by atoms with van der Waals surface area (Å²) in [6.07, 6.45) is 15.3. The first-order chi connectivity index (χ1) is 24.6. The zero-order valence-electron chi connectivity index (χ0n) is 29.2. The average molecular weight is 763 g/mol. The van der Waals surface area contributed by atoms with Gasteiger partial charge >= 0.3 is 0 Å². The summed E-state index contributed by atoms with van der Waals surface area (Å²) in [6.45, 7) is 9.40. The molecule has 0 amide bonds. The summed E-state index contributed by atoms with van der Waals surface area (Å²) in [7, 11) is 0. The van der Waals surface area contributed by atoms with Crippen molar-refractivity contribution in [2.24, 2.45) is 11.8 Å². The minimum atomic E-state index is 0.600. The molecule has 6 aromatic heterocycles. The van der Waals surface area contributed by atoms with Crippen LogP contribution in [0.3, 0.4) is 0 Å². The predicted octanol–water partition coefficient (Wildman–Crippen LogP) is 17.0. The van der Waals surface area contributed by atoms with Crippen molar-refractivity contribution in [3.05, 3.63) is 93.7 Å². The second kappa shape index (κ2) is 13.8. The highest BCUT2D eigenvalue weighted by Gasteiger charge is 2.34.